The van der Waals surface area contributed by atoms with E-state index in [1.807, 2.05) is 26.8 Å². The summed E-state index contributed by atoms with van der Waals surface area (Å²) < 4.78 is 12.0. The first kappa shape index (κ1) is 30.1. The molecule has 226 valence electrons. The molecule has 1 amide bonds. The first-order chi connectivity index (χ1) is 20.2. The molecule has 3 aliphatic heterocycles. The number of carbonyl (C=O) groups excluding carboxylic acids is 1. The lowest BCUT2D eigenvalue weighted by Gasteiger charge is -2.42. The molecule has 1 aromatic carbocycles. The first-order valence-electron chi connectivity index (χ1n) is 15.3. The molecule has 2 fully saturated rings. The van der Waals surface area contributed by atoms with E-state index in [0.717, 1.165) is 62.5 Å². The number of benzene rings is 1. The fourth-order valence-corrected chi connectivity index (χ4v) is 6.20. The maximum Gasteiger partial charge on any atom is 0.410 e. The van der Waals surface area contributed by atoms with Gasteiger partial charge in [-0.3, -0.25) is 4.90 Å². The number of hydrogen-bond acceptors (Lipinski definition) is 9. The Labute approximate surface area is 250 Å². The monoisotopic (exact) mass is 575 g/mol. The Hall–Kier alpha value is -3.42. The molecule has 10 heteroatoms. The van der Waals surface area contributed by atoms with Crippen molar-refractivity contribution < 1.29 is 14.3 Å². The third kappa shape index (κ3) is 7.50. The zero-order valence-electron chi connectivity index (χ0n) is 25.6. The maximum atomic E-state index is 13.0. The van der Waals surface area contributed by atoms with Gasteiger partial charge in [0.2, 0.25) is 0 Å². The number of likely N-dealkylation sites (N-methyl/N-ethyl adjacent to an activating group) is 1. The lowest BCUT2D eigenvalue weighted by Crippen LogP contribution is -2.56. The van der Waals surface area contributed by atoms with Crippen molar-refractivity contribution in [2.24, 2.45) is 0 Å². The summed E-state index contributed by atoms with van der Waals surface area (Å²) in [6, 6.07) is 13.3. The van der Waals surface area contributed by atoms with Gasteiger partial charge in [-0.05, 0) is 72.2 Å². The van der Waals surface area contributed by atoms with Crippen LogP contribution in [0.4, 0.5) is 10.6 Å². The van der Waals surface area contributed by atoms with E-state index in [4.69, 9.17) is 19.4 Å². The Morgan fingerprint density at radius 3 is 2.60 bits per heavy atom. The van der Waals surface area contributed by atoms with Gasteiger partial charge in [0.15, 0.2) is 0 Å². The maximum absolute atomic E-state index is 13.0. The van der Waals surface area contributed by atoms with E-state index in [1.165, 1.54) is 12.0 Å². The number of ether oxygens (including phenoxy) is 2. The van der Waals surface area contributed by atoms with Crippen LogP contribution in [0.1, 0.15) is 63.3 Å². The van der Waals surface area contributed by atoms with Crippen LogP contribution in [-0.2, 0) is 24.2 Å². The number of rotatable bonds is 7. The van der Waals surface area contributed by atoms with Gasteiger partial charge in [0.05, 0.1) is 24.2 Å². The summed E-state index contributed by atoms with van der Waals surface area (Å²) in [7, 11) is 2.14. The third-order valence-corrected chi connectivity index (χ3v) is 8.39. The lowest BCUT2D eigenvalue weighted by atomic mass is 10.1. The van der Waals surface area contributed by atoms with Crippen molar-refractivity contribution >= 4 is 11.9 Å². The Kier molecular flexibility index (Phi) is 9.49. The molecule has 5 rings (SSSR count). The summed E-state index contributed by atoms with van der Waals surface area (Å²) in [4.78, 5) is 31.7. The molecule has 0 N–H and O–H groups in total. The molecule has 1 unspecified atom stereocenters. The molecule has 0 aliphatic carbocycles. The van der Waals surface area contributed by atoms with E-state index in [-0.39, 0.29) is 18.6 Å². The van der Waals surface area contributed by atoms with Crippen molar-refractivity contribution in [1.29, 1.82) is 5.26 Å². The van der Waals surface area contributed by atoms with Gasteiger partial charge in [-0.1, -0.05) is 30.3 Å². The largest absolute Gasteiger partial charge is 0.462 e. The molecule has 0 bridgehead atoms. The minimum Gasteiger partial charge on any atom is -0.462 e. The highest BCUT2D eigenvalue weighted by molar-refractivity contribution is 5.69. The molecule has 1 aromatic heterocycles. The van der Waals surface area contributed by atoms with Gasteiger partial charge in [0.1, 0.15) is 18.0 Å². The lowest BCUT2D eigenvalue weighted by molar-refractivity contribution is 0.0144. The molecule has 42 heavy (non-hydrogen) atoms. The van der Waals surface area contributed by atoms with Crippen molar-refractivity contribution in [3.8, 4) is 12.1 Å². The molecular formula is C32H45N7O3. The van der Waals surface area contributed by atoms with Crippen molar-refractivity contribution in [3.05, 3.63) is 47.2 Å². The van der Waals surface area contributed by atoms with Crippen molar-refractivity contribution in [2.75, 3.05) is 51.3 Å². The SMILES string of the molecule is CN1CCC[C@H]1COc1nc2c(c(N3CCN(C(=O)OC(C)(C)C)C(CC#N)C3)n1)CCCN(Cc1ccccc1)C2. The second-order valence-electron chi connectivity index (χ2n) is 12.8. The van der Waals surface area contributed by atoms with E-state index >= 15 is 0 Å². The van der Waals surface area contributed by atoms with Crippen LogP contribution in [0.25, 0.3) is 0 Å². The highest BCUT2D eigenvalue weighted by Crippen LogP contribution is 2.31. The number of likely N-dealkylation sites (tertiary alicyclic amines) is 1. The molecule has 4 heterocycles. The van der Waals surface area contributed by atoms with Gasteiger partial charge in [0.25, 0.3) is 0 Å². The van der Waals surface area contributed by atoms with Crippen molar-refractivity contribution in [1.82, 2.24) is 24.7 Å². The van der Waals surface area contributed by atoms with E-state index in [0.29, 0.717) is 38.3 Å². The second-order valence-corrected chi connectivity index (χ2v) is 12.8. The highest BCUT2D eigenvalue weighted by Gasteiger charge is 2.35. The quantitative estimate of drug-likeness (QED) is 0.480. The van der Waals surface area contributed by atoms with Gasteiger partial charge in [-0.15, -0.1) is 0 Å². The summed E-state index contributed by atoms with van der Waals surface area (Å²) >= 11 is 0. The summed E-state index contributed by atoms with van der Waals surface area (Å²) in [5.41, 5.74) is 2.85. The van der Waals surface area contributed by atoms with Gasteiger partial charge in [-0.2, -0.15) is 15.2 Å². The minimum atomic E-state index is -0.597. The van der Waals surface area contributed by atoms with Crippen LogP contribution in [0.2, 0.25) is 0 Å². The summed E-state index contributed by atoms with van der Waals surface area (Å²) in [6.45, 7) is 11.4. The Morgan fingerprint density at radius 2 is 1.88 bits per heavy atom. The fraction of sp³-hybridized carbons (Fsp3) is 0.625. The van der Waals surface area contributed by atoms with E-state index in [2.05, 4.69) is 52.1 Å². The fourth-order valence-electron chi connectivity index (χ4n) is 6.20. The average Bonchev–Trinajstić information content (AvgIpc) is 3.25. The molecule has 10 nitrogen and oxygen atoms in total. The number of anilines is 1. The van der Waals surface area contributed by atoms with Crippen LogP contribution in [0.5, 0.6) is 6.01 Å². The predicted molar refractivity (Wildman–Crippen MR) is 161 cm³/mol. The van der Waals surface area contributed by atoms with Gasteiger partial charge < -0.3 is 24.2 Å². The number of amides is 1. The molecule has 2 atom stereocenters. The Morgan fingerprint density at radius 1 is 1.07 bits per heavy atom. The van der Waals surface area contributed by atoms with E-state index in [9.17, 15) is 10.1 Å². The van der Waals surface area contributed by atoms with Gasteiger partial charge >= 0.3 is 12.1 Å². The Bertz CT molecular complexity index is 1260. The van der Waals surface area contributed by atoms with Gasteiger partial charge in [0, 0.05) is 44.3 Å². The predicted octanol–water partition coefficient (Wildman–Crippen LogP) is 4.24. The molecule has 0 spiro atoms. The van der Waals surface area contributed by atoms with Crippen LogP contribution in [0, 0.1) is 11.3 Å². The summed E-state index contributed by atoms with van der Waals surface area (Å²) in [5.74, 6) is 0.878. The summed E-state index contributed by atoms with van der Waals surface area (Å²) in [6.07, 6.45) is 4.02. The number of aromatic nitrogens is 2. The molecule has 2 aromatic rings. The molecule has 2 saturated heterocycles. The number of carbonyl (C=O) groups is 1. The minimum absolute atomic E-state index is 0.227. The van der Waals surface area contributed by atoms with Gasteiger partial charge in [-0.25, -0.2) is 4.79 Å². The van der Waals surface area contributed by atoms with Crippen molar-refractivity contribution in [3.63, 3.8) is 0 Å². The standard InChI is InChI=1S/C32H45N7O3/c1-32(2,3)42-31(40)39-19-18-38(21-25(39)14-15-33)29-27-13-9-17-37(20-24-10-6-5-7-11-24)22-28(27)34-30(35-29)41-23-26-12-8-16-36(26)4/h5-7,10-11,25-26H,8-9,12-14,16-23H2,1-4H3/t25?,26-/m0/s1. The number of fused-ring (bicyclic) bond motifs is 1. The third-order valence-electron chi connectivity index (χ3n) is 8.39. The molecular weight excluding hydrogens is 530 g/mol. The zero-order valence-corrected chi connectivity index (χ0v) is 25.6. The normalized spacial score (nSPS) is 21.9. The zero-order chi connectivity index (χ0) is 29.7. The van der Waals surface area contributed by atoms with E-state index < -0.39 is 5.60 Å². The second kappa shape index (κ2) is 13.3. The van der Waals surface area contributed by atoms with Crippen LogP contribution in [0.15, 0.2) is 30.3 Å². The molecule has 3 aliphatic rings. The van der Waals surface area contributed by atoms with Crippen LogP contribution >= 0.6 is 0 Å². The smallest absolute Gasteiger partial charge is 0.410 e. The first-order valence-corrected chi connectivity index (χ1v) is 15.3. The molecule has 0 radical (unpaired) electrons. The number of nitriles is 1. The Balaban J connectivity index is 1.41. The van der Waals surface area contributed by atoms with Crippen LogP contribution in [0.3, 0.4) is 0 Å². The highest BCUT2D eigenvalue weighted by atomic mass is 16.6. The average molecular weight is 576 g/mol. The van der Waals surface area contributed by atoms with Crippen LogP contribution < -0.4 is 9.64 Å². The van der Waals surface area contributed by atoms with Crippen molar-refractivity contribution in [2.45, 2.75) is 83.6 Å². The van der Waals surface area contributed by atoms with E-state index in [1.54, 1.807) is 4.90 Å². The van der Waals surface area contributed by atoms with Crippen LogP contribution in [-0.4, -0.2) is 94.8 Å². The number of nitrogens with zero attached hydrogens (tertiary/aromatic N) is 7. The number of hydrogen-bond donors (Lipinski definition) is 0. The summed E-state index contributed by atoms with van der Waals surface area (Å²) in [5, 5.41) is 9.62. The molecule has 0 saturated carbocycles. The number of piperazine rings is 1. The topological polar surface area (TPSA) is 98.1 Å².